The smallest absolute Gasteiger partial charge is 0.317 e. The fourth-order valence-electron chi connectivity index (χ4n) is 3.44. The predicted molar refractivity (Wildman–Crippen MR) is 76.5 cm³/mol. The van der Waals surface area contributed by atoms with Crippen molar-refractivity contribution >= 4 is 12.0 Å². The van der Waals surface area contributed by atoms with E-state index in [0.29, 0.717) is 11.8 Å². The van der Waals surface area contributed by atoms with Gasteiger partial charge in [-0.2, -0.15) is 0 Å². The van der Waals surface area contributed by atoms with Gasteiger partial charge in [0.25, 0.3) is 0 Å². The Labute approximate surface area is 120 Å². The van der Waals surface area contributed by atoms with Gasteiger partial charge in [0, 0.05) is 13.1 Å². The number of carbonyl (C=O) groups excluding carboxylic acids is 1. The van der Waals surface area contributed by atoms with E-state index in [-0.39, 0.29) is 12.5 Å². The molecule has 1 aliphatic carbocycles. The number of likely N-dealkylation sites (tertiary alicyclic amines) is 1. The highest BCUT2D eigenvalue weighted by atomic mass is 16.4. The Bertz CT molecular complexity index is 377. The first kappa shape index (κ1) is 15.1. The molecule has 5 heteroatoms. The van der Waals surface area contributed by atoms with Gasteiger partial charge in [-0.15, -0.1) is 0 Å². The molecule has 1 saturated carbocycles. The van der Waals surface area contributed by atoms with Crippen LogP contribution in [0.4, 0.5) is 4.79 Å². The Balaban J connectivity index is 1.96. The Morgan fingerprint density at radius 3 is 2.45 bits per heavy atom. The van der Waals surface area contributed by atoms with Crippen molar-refractivity contribution in [1.82, 2.24) is 10.2 Å². The molecule has 2 unspecified atom stereocenters. The molecule has 2 fully saturated rings. The first-order valence-corrected chi connectivity index (χ1v) is 7.71. The van der Waals surface area contributed by atoms with Gasteiger partial charge in [-0.3, -0.25) is 4.79 Å². The highest BCUT2D eigenvalue weighted by Crippen LogP contribution is 2.33. The van der Waals surface area contributed by atoms with E-state index in [9.17, 15) is 9.59 Å². The van der Waals surface area contributed by atoms with Crippen LogP contribution in [0.25, 0.3) is 0 Å². The van der Waals surface area contributed by atoms with Crippen LogP contribution in [0.15, 0.2) is 0 Å². The molecule has 2 aliphatic rings. The second kappa shape index (κ2) is 6.02. The van der Waals surface area contributed by atoms with Crippen molar-refractivity contribution in [2.75, 3.05) is 13.1 Å². The summed E-state index contributed by atoms with van der Waals surface area (Å²) in [4.78, 5) is 25.3. The Hall–Kier alpha value is -1.26. The lowest BCUT2D eigenvalue weighted by atomic mass is 9.88. The van der Waals surface area contributed by atoms with Gasteiger partial charge in [0.15, 0.2) is 0 Å². The van der Waals surface area contributed by atoms with E-state index < -0.39 is 11.5 Å². The maximum absolute atomic E-state index is 12.4. The number of carboxylic acid groups (broad SMARTS) is 1. The number of nitrogens with one attached hydrogen (secondary N) is 1. The third-order valence-electron chi connectivity index (χ3n) is 5.04. The number of rotatable bonds is 3. The van der Waals surface area contributed by atoms with E-state index in [1.54, 1.807) is 0 Å². The summed E-state index contributed by atoms with van der Waals surface area (Å²) in [5, 5.41) is 12.1. The third-order valence-corrected chi connectivity index (χ3v) is 5.04. The molecule has 2 amide bonds. The first-order valence-electron chi connectivity index (χ1n) is 7.71. The fourth-order valence-corrected chi connectivity index (χ4v) is 3.44. The van der Waals surface area contributed by atoms with Gasteiger partial charge in [0.2, 0.25) is 0 Å². The van der Waals surface area contributed by atoms with Gasteiger partial charge in [0.05, 0.1) is 12.0 Å². The first-order chi connectivity index (χ1) is 9.42. The van der Waals surface area contributed by atoms with Gasteiger partial charge >= 0.3 is 12.0 Å². The number of hydrogen-bond donors (Lipinski definition) is 2. The zero-order valence-corrected chi connectivity index (χ0v) is 12.5. The molecule has 2 rings (SSSR count). The summed E-state index contributed by atoms with van der Waals surface area (Å²) >= 11 is 0. The highest BCUT2D eigenvalue weighted by molar-refractivity contribution is 5.77. The third kappa shape index (κ3) is 3.44. The average Bonchev–Trinajstić information content (AvgIpc) is 2.79. The van der Waals surface area contributed by atoms with Crippen molar-refractivity contribution in [3.05, 3.63) is 0 Å². The molecule has 0 radical (unpaired) electrons. The lowest BCUT2D eigenvalue weighted by Crippen LogP contribution is -2.55. The Morgan fingerprint density at radius 1 is 1.25 bits per heavy atom. The molecule has 1 saturated heterocycles. The van der Waals surface area contributed by atoms with Gasteiger partial charge < -0.3 is 15.3 Å². The minimum absolute atomic E-state index is 0.0402. The van der Waals surface area contributed by atoms with Crippen molar-refractivity contribution in [2.45, 2.75) is 57.9 Å². The van der Waals surface area contributed by atoms with E-state index in [2.05, 4.69) is 19.2 Å². The molecule has 0 aromatic carbocycles. The van der Waals surface area contributed by atoms with Crippen LogP contribution in [0.5, 0.6) is 0 Å². The van der Waals surface area contributed by atoms with E-state index >= 15 is 0 Å². The summed E-state index contributed by atoms with van der Waals surface area (Å²) in [6.07, 6.45) is 4.64. The van der Waals surface area contributed by atoms with Crippen molar-refractivity contribution in [3.8, 4) is 0 Å². The van der Waals surface area contributed by atoms with Crippen LogP contribution in [0.1, 0.15) is 52.4 Å². The highest BCUT2D eigenvalue weighted by Gasteiger charge is 2.39. The van der Waals surface area contributed by atoms with Crippen molar-refractivity contribution in [2.24, 2.45) is 11.8 Å². The maximum Gasteiger partial charge on any atom is 0.317 e. The number of carbonyl (C=O) groups is 2. The van der Waals surface area contributed by atoms with Gasteiger partial charge in [-0.25, -0.2) is 4.79 Å². The number of urea groups is 1. The molecule has 2 atom stereocenters. The molecule has 0 bridgehead atoms. The van der Waals surface area contributed by atoms with Crippen LogP contribution in [0.2, 0.25) is 0 Å². The molecule has 2 N–H and O–H groups in total. The lowest BCUT2D eigenvalue weighted by molar-refractivity contribution is -0.138. The largest absolute Gasteiger partial charge is 0.481 e. The van der Waals surface area contributed by atoms with Crippen LogP contribution in [0.3, 0.4) is 0 Å². The Morgan fingerprint density at radius 2 is 1.90 bits per heavy atom. The molecular weight excluding hydrogens is 256 g/mol. The molecule has 1 aliphatic heterocycles. The molecule has 0 spiro atoms. The van der Waals surface area contributed by atoms with Gasteiger partial charge in [-0.05, 0) is 31.1 Å². The standard InChI is InChI=1S/C15H26N2O3/c1-11-5-8-17(10-12(11)2)14(20)16-15(9-13(18)19)6-3-4-7-15/h11-12H,3-10H2,1-2H3,(H,16,20)(H,18,19). The summed E-state index contributed by atoms with van der Waals surface area (Å²) in [5.74, 6) is 0.333. The summed E-state index contributed by atoms with van der Waals surface area (Å²) in [5.41, 5.74) is -0.519. The van der Waals surface area contributed by atoms with Crippen molar-refractivity contribution in [1.29, 1.82) is 0 Å². The van der Waals surface area contributed by atoms with E-state index in [1.807, 2.05) is 4.90 Å². The quantitative estimate of drug-likeness (QED) is 0.835. The number of nitrogens with zero attached hydrogens (tertiary/aromatic N) is 1. The van der Waals surface area contributed by atoms with E-state index in [1.165, 1.54) is 0 Å². The van der Waals surface area contributed by atoms with Gasteiger partial charge in [-0.1, -0.05) is 26.7 Å². The van der Waals surface area contributed by atoms with Crippen LogP contribution >= 0.6 is 0 Å². The summed E-state index contributed by atoms with van der Waals surface area (Å²) < 4.78 is 0. The molecule has 20 heavy (non-hydrogen) atoms. The lowest BCUT2D eigenvalue weighted by Gasteiger charge is -2.38. The maximum atomic E-state index is 12.4. The minimum Gasteiger partial charge on any atom is -0.481 e. The predicted octanol–water partition coefficient (Wildman–Crippen LogP) is 2.46. The SMILES string of the molecule is CC1CCN(C(=O)NC2(CC(=O)O)CCCC2)CC1C. The van der Waals surface area contributed by atoms with Crippen molar-refractivity contribution in [3.63, 3.8) is 0 Å². The molecule has 114 valence electrons. The molecule has 1 heterocycles. The number of amides is 2. The summed E-state index contributed by atoms with van der Waals surface area (Å²) in [7, 11) is 0. The Kier molecular flexibility index (Phi) is 4.55. The fraction of sp³-hybridized carbons (Fsp3) is 0.867. The second-order valence-electron chi connectivity index (χ2n) is 6.68. The summed E-state index contributed by atoms with van der Waals surface area (Å²) in [6.45, 7) is 5.95. The summed E-state index contributed by atoms with van der Waals surface area (Å²) in [6, 6.07) is -0.0769. The van der Waals surface area contributed by atoms with E-state index in [0.717, 1.165) is 45.2 Å². The van der Waals surface area contributed by atoms with Crippen LogP contribution in [0, 0.1) is 11.8 Å². The molecule has 5 nitrogen and oxygen atoms in total. The zero-order valence-electron chi connectivity index (χ0n) is 12.5. The number of carboxylic acids is 1. The molecule has 0 aromatic heterocycles. The number of hydrogen-bond acceptors (Lipinski definition) is 2. The minimum atomic E-state index is -0.826. The van der Waals surface area contributed by atoms with Crippen LogP contribution < -0.4 is 5.32 Å². The molecular formula is C15H26N2O3. The monoisotopic (exact) mass is 282 g/mol. The number of piperidine rings is 1. The number of aliphatic carboxylic acids is 1. The van der Waals surface area contributed by atoms with E-state index in [4.69, 9.17) is 5.11 Å². The second-order valence-corrected chi connectivity index (χ2v) is 6.68. The van der Waals surface area contributed by atoms with Gasteiger partial charge in [0.1, 0.15) is 0 Å². The van der Waals surface area contributed by atoms with Crippen LogP contribution in [-0.4, -0.2) is 40.6 Å². The van der Waals surface area contributed by atoms with Crippen molar-refractivity contribution < 1.29 is 14.7 Å². The zero-order chi connectivity index (χ0) is 14.8. The normalized spacial score (nSPS) is 29.2. The average molecular weight is 282 g/mol. The molecule has 0 aromatic rings. The topological polar surface area (TPSA) is 69.6 Å². The van der Waals surface area contributed by atoms with Crippen LogP contribution in [-0.2, 0) is 4.79 Å².